The van der Waals surface area contributed by atoms with Gasteiger partial charge in [-0.1, -0.05) is 0 Å². The van der Waals surface area contributed by atoms with Gasteiger partial charge in [-0.05, 0) is 25.3 Å². The number of nitrogens with two attached hydrogens (primary N) is 1. The number of rotatable bonds is 6. The van der Waals surface area contributed by atoms with E-state index in [1.165, 1.54) is 25.6 Å². The summed E-state index contributed by atoms with van der Waals surface area (Å²) in [6.07, 6.45) is 1.74. The average Bonchev–Trinajstić information content (AvgIpc) is 2.60. The van der Waals surface area contributed by atoms with E-state index in [0.29, 0.717) is 25.4 Å². The van der Waals surface area contributed by atoms with E-state index in [-0.39, 0.29) is 22.3 Å². The Morgan fingerprint density at radius 3 is 2.26 bits per heavy atom. The van der Waals surface area contributed by atoms with Crippen molar-refractivity contribution in [3.05, 3.63) is 12.1 Å². The molecule has 0 radical (unpaired) electrons. The molecular weight excluding hydrogens is 320 g/mol. The topological polar surface area (TPSA) is 91.1 Å². The van der Waals surface area contributed by atoms with Crippen LogP contribution in [0.25, 0.3) is 0 Å². The van der Waals surface area contributed by atoms with Gasteiger partial charge in [0.2, 0.25) is 10.0 Å². The SMILES string of the molecule is COc1cc(OC)c(S(=O)(=O)N2CCCC(CN)C2)c(OC)c1. The number of hydrogen-bond acceptors (Lipinski definition) is 6. The lowest BCUT2D eigenvalue weighted by atomic mass is 10.0. The first-order valence-corrected chi connectivity index (χ1v) is 8.92. The average molecular weight is 344 g/mol. The third-order valence-electron chi connectivity index (χ3n) is 4.08. The molecule has 130 valence electrons. The summed E-state index contributed by atoms with van der Waals surface area (Å²) in [7, 11) is 0.601. The third kappa shape index (κ3) is 3.54. The van der Waals surface area contributed by atoms with Crippen molar-refractivity contribution in [3.8, 4) is 17.2 Å². The highest BCUT2D eigenvalue weighted by molar-refractivity contribution is 7.89. The van der Waals surface area contributed by atoms with E-state index in [1.807, 2.05) is 0 Å². The normalized spacial score (nSPS) is 19.4. The molecule has 8 heteroatoms. The Balaban J connectivity index is 2.50. The van der Waals surface area contributed by atoms with Crippen LogP contribution in [0.2, 0.25) is 0 Å². The van der Waals surface area contributed by atoms with Gasteiger partial charge in [-0.2, -0.15) is 4.31 Å². The Morgan fingerprint density at radius 1 is 1.17 bits per heavy atom. The van der Waals surface area contributed by atoms with Crippen molar-refractivity contribution in [2.75, 3.05) is 41.0 Å². The van der Waals surface area contributed by atoms with Crippen LogP contribution in [0.5, 0.6) is 17.2 Å². The predicted octanol–water partition coefficient (Wildman–Crippen LogP) is 1.07. The maximum Gasteiger partial charge on any atom is 0.250 e. The van der Waals surface area contributed by atoms with E-state index >= 15 is 0 Å². The van der Waals surface area contributed by atoms with Crippen LogP contribution < -0.4 is 19.9 Å². The predicted molar refractivity (Wildman–Crippen MR) is 86.6 cm³/mol. The fraction of sp³-hybridized carbons (Fsp3) is 0.600. The number of piperidine rings is 1. The monoisotopic (exact) mass is 344 g/mol. The first-order valence-electron chi connectivity index (χ1n) is 7.48. The largest absolute Gasteiger partial charge is 0.496 e. The van der Waals surface area contributed by atoms with Gasteiger partial charge in [0.05, 0.1) is 21.3 Å². The van der Waals surface area contributed by atoms with E-state index in [1.54, 1.807) is 12.1 Å². The summed E-state index contributed by atoms with van der Waals surface area (Å²) >= 11 is 0. The number of methoxy groups -OCH3 is 3. The first kappa shape index (κ1) is 17.8. The molecule has 1 unspecified atom stereocenters. The number of hydrogen-bond donors (Lipinski definition) is 1. The number of nitrogens with zero attached hydrogens (tertiary/aromatic N) is 1. The quantitative estimate of drug-likeness (QED) is 0.830. The highest BCUT2D eigenvalue weighted by Crippen LogP contribution is 2.40. The standard InChI is InChI=1S/C15H24N2O5S/c1-20-12-7-13(21-2)15(14(8-12)22-3)23(18,19)17-6-4-5-11(9-16)10-17/h7-8,11H,4-6,9-10,16H2,1-3H3. The third-order valence-corrected chi connectivity index (χ3v) is 6.01. The van der Waals surface area contributed by atoms with Gasteiger partial charge in [0, 0.05) is 25.2 Å². The summed E-state index contributed by atoms with van der Waals surface area (Å²) in [5, 5.41) is 0. The molecule has 23 heavy (non-hydrogen) atoms. The molecule has 7 nitrogen and oxygen atoms in total. The zero-order valence-electron chi connectivity index (χ0n) is 13.7. The van der Waals surface area contributed by atoms with E-state index in [0.717, 1.165) is 12.8 Å². The van der Waals surface area contributed by atoms with Gasteiger partial charge >= 0.3 is 0 Å². The minimum Gasteiger partial charge on any atom is -0.496 e. The number of benzene rings is 1. The minimum absolute atomic E-state index is 0.0287. The van der Waals surface area contributed by atoms with E-state index < -0.39 is 10.0 Å². The fourth-order valence-electron chi connectivity index (χ4n) is 2.79. The summed E-state index contributed by atoms with van der Waals surface area (Å²) < 4.78 is 43.3. The maximum absolute atomic E-state index is 13.1. The van der Waals surface area contributed by atoms with Crippen LogP contribution in [-0.4, -0.2) is 53.7 Å². The highest BCUT2D eigenvalue weighted by Gasteiger charge is 2.35. The molecule has 2 N–H and O–H groups in total. The highest BCUT2D eigenvalue weighted by atomic mass is 32.2. The van der Waals surface area contributed by atoms with Crippen LogP contribution in [0.4, 0.5) is 0 Å². The molecule has 1 fully saturated rings. The minimum atomic E-state index is -3.74. The van der Waals surface area contributed by atoms with Crippen molar-refractivity contribution in [2.45, 2.75) is 17.7 Å². The van der Waals surface area contributed by atoms with Crippen molar-refractivity contribution >= 4 is 10.0 Å². The van der Waals surface area contributed by atoms with Crippen molar-refractivity contribution in [1.29, 1.82) is 0 Å². The lowest BCUT2D eigenvalue weighted by Gasteiger charge is -2.32. The van der Waals surface area contributed by atoms with Crippen LogP contribution >= 0.6 is 0 Å². The van der Waals surface area contributed by atoms with Gasteiger partial charge in [0.25, 0.3) is 0 Å². The van der Waals surface area contributed by atoms with E-state index in [9.17, 15) is 8.42 Å². The Morgan fingerprint density at radius 2 is 1.78 bits per heavy atom. The number of ether oxygens (including phenoxy) is 3. The second-order valence-corrected chi connectivity index (χ2v) is 7.34. The van der Waals surface area contributed by atoms with Gasteiger partial charge in [-0.15, -0.1) is 0 Å². The van der Waals surface area contributed by atoms with Gasteiger partial charge in [-0.25, -0.2) is 8.42 Å². The van der Waals surface area contributed by atoms with Crippen LogP contribution in [-0.2, 0) is 10.0 Å². The molecule has 1 aromatic rings. The molecule has 0 amide bonds. The lowest BCUT2D eigenvalue weighted by Crippen LogP contribution is -2.42. The van der Waals surface area contributed by atoms with Crippen LogP contribution in [0.3, 0.4) is 0 Å². The van der Waals surface area contributed by atoms with Crippen LogP contribution in [0, 0.1) is 5.92 Å². The number of sulfonamides is 1. The van der Waals surface area contributed by atoms with Crippen molar-refractivity contribution in [2.24, 2.45) is 11.7 Å². The second kappa shape index (κ2) is 7.37. The molecule has 0 aliphatic carbocycles. The summed E-state index contributed by atoms with van der Waals surface area (Å²) in [5.41, 5.74) is 5.71. The Bertz CT molecular complexity index is 622. The maximum atomic E-state index is 13.1. The lowest BCUT2D eigenvalue weighted by molar-refractivity contribution is 0.269. The van der Waals surface area contributed by atoms with Gasteiger partial charge < -0.3 is 19.9 Å². The Labute approximate surface area is 137 Å². The molecule has 0 aromatic heterocycles. The van der Waals surface area contributed by atoms with E-state index in [2.05, 4.69) is 0 Å². The zero-order valence-corrected chi connectivity index (χ0v) is 14.6. The molecular formula is C15H24N2O5S. The Kier molecular flexibility index (Phi) is 5.72. The van der Waals surface area contributed by atoms with Gasteiger partial charge in [-0.3, -0.25) is 0 Å². The molecule has 0 saturated carbocycles. The molecule has 1 heterocycles. The molecule has 0 bridgehead atoms. The molecule has 1 aromatic carbocycles. The Hall–Kier alpha value is -1.51. The summed E-state index contributed by atoms with van der Waals surface area (Å²) in [5.74, 6) is 1.05. The molecule has 1 saturated heterocycles. The summed E-state index contributed by atoms with van der Waals surface area (Å²) in [6, 6.07) is 3.08. The first-order chi connectivity index (χ1) is 11.0. The summed E-state index contributed by atoms with van der Waals surface area (Å²) in [6.45, 7) is 1.36. The van der Waals surface area contributed by atoms with Crippen molar-refractivity contribution in [3.63, 3.8) is 0 Å². The molecule has 1 atom stereocenters. The van der Waals surface area contributed by atoms with Gasteiger partial charge in [0.1, 0.15) is 17.2 Å². The van der Waals surface area contributed by atoms with Crippen molar-refractivity contribution in [1.82, 2.24) is 4.31 Å². The molecule has 1 aliphatic rings. The zero-order chi connectivity index (χ0) is 17.0. The van der Waals surface area contributed by atoms with Crippen LogP contribution in [0.1, 0.15) is 12.8 Å². The molecule has 0 spiro atoms. The second-order valence-electron chi connectivity index (χ2n) is 5.47. The van der Waals surface area contributed by atoms with Crippen LogP contribution in [0.15, 0.2) is 17.0 Å². The van der Waals surface area contributed by atoms with Gasteiger partial charge in [0.15, 0.2) is 4.90 Å². The van der Waals surface area contributed by atoms with Crippen molar-refractivity contribution < 1.29 is 22.6 Å². The molecule has 1 aliphatic heterocycles. The fourth-order valence-corrected chi connectivity index (χ4v) is 4.62. The summed E-state index contributed by atoms with van der Waals surface area (Å²) in [4.78, 5) is 0.0287. The van der Waals surface area contributed by atoms with E-state index in [4.69, 9.17) is 19.9 Å². The smallest absolute Gasteiger partial charge is 0.250 e. The molecule has 2 rings (SSSR count).